The van der Waals surface area contributed by atoms with Gasteiger partial charge in [-0.3, -0.25) is 14.5 Å². The number of nitrogens with zero attached hydrogens (tertiary/aromatic N) is 3. The number of Topliss-reactive ketones (excluding diaryl/α,β-unsaturated/α-hetero) is 1. The Morgan fingerprint density at radius 1 is 1.08 bits per heavy atom. The second kappa shape index (κ2) is 6.97. The van der Waals surface area contributed by atoms with Gasteiger partial charge in [0.2, 0.25) is 5.78 Å². The summed E-state index contributed by atoms with van der Waals surface area (Å²) in [4.78, 5) is 28.5. The largest absolute Gasteiger partial charge is 0.360 e. The van der Waals surface area contributed by atoms with Crippen molar-refractivity contribution in [2.75, 3.05) is 26.2 Å². The normalized spacial score (nSPS) is 15.5. The second-order valence-corrected chi connectivity index (χ2v) is 6.20. The van der Waals surface area contributed by atoms with E-state index in [2.05, 4.69) is 10.1 Å². The molecule has 0 unspecified atom stereocenters. The molecule has 0 spiro atoms. The fraction of sp³-hybridized carbons (Fsp3) is 0.389. The summed E-state index contributed by atoms with van der Waals surface area (Å²) in [5.74, 6) is -0.0358. The number of amides is 1. The maximum atomic E-state index is 12.4. The number of aryl methyl sites for hydroxylation is 2. The molecular formula is C18H21N3O3. The van der Waals surface area contributed by atoms with E-state index < -0.39 is 11.7 Å². The summed E-state index contributed by atoms with van der Waals surface area (Å²) in [6.07, 6.45) is 0. The fourth-order valence-corrected chi connectivity index (χ4v) is 2.79. The number of rotatable bonds is 4. The first kappa shape index (κ1) is 16.4. The lowest BCUT2D eigenvalue weighted by atomic mass is 10.1. The van der Waals surface area contributed by atoms with E-state index in [0.717, 1.165) is 17.0 Å². The van der Waals surface area contributed by atoms with Gasteiger partial charge in [-0.25, -0.2) is 0 Å². The minimum absolute atomic E-state index is 0.422. The molecule has 6 heteroatoms. The van der Waals surface area contributed by atoms with Crippen LogP contribution in [0.2, 0.25) is 0 Å². The third-order valence-electron chi connectivity index (χ3n) is 4.22. The summed E-state index contributed by atoms with van der Waals surface area (Å²) >= 11 is 0. The van der Waals surface area contributed by atoms with Crippen molar-refractivity contribution in [1.82, 2.24) is 15.0 Å². The van der Waals surface area contributed by atoms with E-state index in [1.165, 1.54) is 0 Å². The first-order chi connectivity index (χ1) is 11.5. The third kappa shape index (κ3) is 3.71. The molecule has 0 aliphatic carbocycles. The van der Waals surface area contributed by atoms with Crippen LogP contribution < -0.4 is 0 Å². The molecule has 3 rings (SSSR count). The summed E-state index contributed by atoms with van der Waals surface area (Å²) in [5.41, 5.74) is 2.38. The van der Waals surface area contributed by atoms with Gasteiger partial charge in [-0.05, 0) is 13.8 Å². The highest BCUT2D eigenvalue weighted by atomic mass is 16.5. The molecule has 1 aromatic carbocycles. The van der Waals surface area contributed by atoms with E-state index >= 15 is 0 Å². The zero-order chi connectivity index (χ0) is 17.1. The van der Waals surface area contributed by atoms with Crippen molar-refractivity contribution in [3.05, 3.63) is 52.9 Å². The Kier molecular flexibility index (Phi) is 4.76. The fourth-order valence-electron chi connectivity index (χ4n) is 2.79. The summed E-state index contributed by atoms with van der Waals surface area (Å²) in [7, 11) is 0. The van der Waals surface area contributed by atoms with Crippen molar-refractivity contribution in [3.63, 3.8) is 0 Å². The van der Waals surface area contributed by atoms with Crippen LogP contribution >= 0.6 is 0 Å². The van der Waals surface area contributed by atoms with Crippen LogP contribution in [0.15, 0.2) is 34.9 Å². The summed E-state index contributed by atoms with van der Waals surface area (Å²) in [6.45, 7) is 7.03. The second-order valence-electron chi connectivity index (χ2n) is 6.20. The van der Waals surface area contributed by atoms with E-state index in [1.54, 1.807) is 17.0 Å². The van der Waals surface area contributed by atoms with E-state index in [-0.39, 0.29) is 0 Å². The number of carbonyl (C=O) groups is 2. The Hall–Kier alpha value is -2.47. The number of benzene rings is 1. The number of aromatic nitrogens is 1. The molecule has 126 valence electrons. The van der Waals surface area contributed by atoms with Crippen LogP contribution in [0.25, 0.3) is 0 Å². The number of hydrogen-bond acceptors (Lipinski definition) is 5. The quantitative estimate of drug-likeness (QED) is 0.633. The lowest BCUT2D eigenvalue weighted by Crippen LogP contribution is -2.50. The maximum absolute atomic E-state index is 12.4. The highest BCUT2D eigenvalue weighted by Gasteiger charge is 2.27. The van der Waals surface area contributed by atoms with E-state index in [4.69, 9.17) is 4.52 Å². The van der Waals surface area contributed by atoms with Crippen LogP contribution in [-0.2, 0) is 11.3 Å². The molecular weight excluding hydrogens is 306 g/mol. The lowest BCUT2D eigenvalue weighted by Gasteiger charge is -2.33. The van der Waals surface area contributed by atoms with Gasteiger partial charge in [-0.15, -0.1) is 0 Å². The SMILES string of the molecule is Cc1ccc(C(=O)C(=O)N2CCN(Cc3cc(C)no3)CC2)cc1. The van der Waals surface area contributed by atoms with Crippen molar-refractivity contribution in [2.24, 2.45) is 0 Å². The van der Waals surface area contributed by atoms with Gasteiger partial charge < -0.3 is 9.42 Å². The topological polar surface area (TPSA) is 66.7 Å². The van der Waals surface area contributed by atoms with E-state index in [9.17, 15) is 9.59 Å². The average molecular weight is 327 g/mol. The Morgan fingerprint density at radius 2 is 1.75 bits per heavy atom. The monoisotopic (exact) mass is 327 g/mol. The van der Waals surface area contributed by atoms with Crippen molar-refractivity contribution >= 4 is 11.7 Å². The van der Waals surface area contributed by atoms with Crippen molar-refractivity contribution < 1.29 is 14.1 Å². The average Bonchev–Trinajstić information content (AvgIpc) is 3.00. The highest BCUT2D eigenvalue weighted by molar-refractivity contribution is 6.42. The molecule has 0 bridgehead atoms. The van der Waals surface area contributed by atoms with Gasteiger partial charge >= 0.3 is 0 Å². The molecule has 1 fully saturated rings. The molecule has 0 N–H and O–H groups in total. The molecule has 2 heterocycles. The molecule has 1 saturated heterocycles. The number of hydrogen-bond donors (Lipinski definition) is 0. The van der Waals surface area contributed by atoms with Gasteiger partial charge in [-0.1, -0.05) is 35.0 Å². The van der Waals surface area contributed by atoms with Gasteiger partial charge in [0, 0.05) is 37.8 Å². The maximum Gasteiger partial charge on any atom is 0.295 e. The Morgan fingerprint density at radius 3 is 2.33 bits per heavy atom. The molecule has 0 saturated carbocycles. The Balaban J connectivity index is 1.54. The zero-order valence-electron chi connectivity index (χ0n) is 14.0. The molecule has 0 atom stereocenters. The van der Waals surface area contributed by atoms with Crippen molar-refractivity contribution in [3.8, 4) is 0 Å². The molecule has 6 nitrogen and oxygen atoms in total. The summed E-state index contributed by atoms with van der Waals surface area (Å²) in [6, 6.07) is 9.02. The predicted molar refractivity (Wildman–Crippen MR) is 88.6 cm³/mol. The first-order valence-corrected chi connectivity index (χ1v) is 8.08. The zero-order valence-corrected chi connectivity index (χ0v) is 14.0. The van der Waals surface area contributed by atoms with Gasteiger partial charge in [0.05, 0.1) is 12.2 Å². The Labute approximate surface area is 141 Å². The first-order valence-electron chi connectivity index (χ1n) is 8.08. The van der Waals surface area contributed by atoms with Crippen LogP contribution in [0.3, 0.4) is 0 Å². The van der Waals surface area contributed by atoms with Gasteiger partial charge in [0.1, 0.15) is 0 Å². The smallest absolute Gasteiger partial charge is 0.295 e. The molecule has 1 aromatic heterocycles. The number of carbonyl (C=O) groups excluding carboxylic acids is 2. The van der Waals surface area contributed by atoms with Gasteiger partial charge in [0.15, 0.2) is 5.76 Å². The molecule has 1 aliphatic rings. The number of ketones is 1. The van der Waals surface area contributed by atoms with Crippen LogP contribution in [0, 0.1) is 13.8 Å². The van der Waals surface area contributed by atoms with Gasteiger partial charge in [-0.2, -0.15) is 0 Å². The summed E-state index contributed by atoms with van der Waals surface area (Å²) in [5, 5.41) is 3.88. The van der Waals surface area contributed by atoms with Crippen molar-refractivity contribution in [2.45, 2.75) is 20.4 Å². The highest BCUT2D eigenvalue weighted by Crippen LogP contribution is 2.12. The molecule has 1 aliphatic heterocycles. The minimum atomic E-state index is -0.436. The van der Waals surface area contributed by atoms with Crippen LogP contribution in [-0.4, -0.2) is 52.8 Å². The van der Waals surface area contributed by atoms with Crippen LogP contribution in [0.1, 0.15) is 27.4 Å². The van der Waals surface area contributed by atoms with Crippen LogP contribution in [0.4, 0.5) is 0 Å². The van der Waals surface area contributed by atoms with Gasteiger partial charge in [0.25, 0.3) is 5.91 Å². The molecule has 0 radical (unpaired) electrons. The molecule has 2 aromatic rings. The lowest BCUT2D eigenvalue weighted by molar-refractivity contribution is -0.128. The summed E-state index contributed by atoms with van der Waals surface area (Å²) < 4.78 is 5.22. The molecule has 24 heavy (non-hydrogen) atoms. The van der Waals surface area contributed by atoms with Crippen molar-refractivity contribution in [1.29, 1.82) is 0 Å². The van der Waals surface area contributed by atoms with E-state index in [1.807, 2.05) is 32.0 Å². The Bertz CT molecular complexity index is 728. The standard InChI is InChI=1S/C18H21N3O3/c1-13-3-5-15(6-4-13)17(22)18(23)21-9-7-20(8-10-21)12-16-11-14(2)19-24-16/h3-6,11H,7-10,12H2,1-2H3. The predicted octanol–water partition coefficient (Wildman–Crippen LogP) is 1.82. The number of piperazine rings is 1. The third-order valence-corrected chi connectivity index (χ3v) is 4.22. The van der Waals surface area contributed by atoms with E-state index in [0.29, 0.717) is 38.3 Å². The van der Waals surface area contributed by atoms with Crippen LogP contribution in [0.5, 0.6) is 0 Å². The molecule has 1 amide bonds. The minimum Gasteiger partial charge on any atom is -0.360 e.